The number of H-pyrrole nitrogens is 1. The summed E-state index contributed by atoms with van der Waals surface area (Å²) in [6.07, 6.45) is 7.96. The van der Waals surface area contributed by atoms with Crippen LogP contribution < -0.4 is 10.2 Å². The van der Waals surface area contributed by atoms with Gasteiger partial charge in [0.15, 0.2) is 0 Å². The number of nitrogens with zero attached hydrogens (tertiary/aromatic N) is 3. The SMILES string of the molecule is O=C(Nc1ccc(C2CC2)cn1)N1CCCc2[nH]ncc21. The molecule has 21 heavy (non-hydrogen) atoms. The number of carbonyl (C=O) groups excluding carboxylic acids is 1. The second-order valence-electron chi connectivity index (χ2n) is 5.67. The summed E-state index contributed by atoms with van der Waals surface area (Å²) in [5, 5.41) is 9.83. The van der Waals surface area contributed by atoms with Gasteiger partial charge in [-0.3, -0.25) is 15.3 Å². The lowest BCUT2D eigenvalue weighted by Gasteiger charge is -2.26. The first-order valence-corrected chi connectivity index (χ1v) is 7.38. The second kappa shape index (κ2) is 4.87. The standard InChI is InChI=1S/C15H17N5O/c21-15(20-7-1-2-12-13(20)9-17-19-12)18-14-6-5-11(8-16-14)10-3-4-10/h5-6,8-10H,1-4,7H2,(H,17,19)(H,16,18,21). The number of aromatic amines is 1. The van der Waals surface area contributed by atoms with Gasteiger partial charge in [0.2, 0.25) is 0 Å². The Morgan fingerprint density at radius 1 is 1.33 bits per heavy atom. The van der Waals surface area contributed by atoms with Gasteiger partial charge in [-0.15, -0.1) is 0 Å². The minimum absolute atomic E-state index is 0.149. The van der Waals surface area contributed by atoms with E-state index in [1.807, 2.05) is 12.3 Å². The van der Waals surface area contributed by atoms with Gasteiger partial charge in [0.25, 0.3) is 0 Å². The molecule has 2 N–H and O–H groups in total. The molecule has 2 aromatic heterocycles. The molecule has 0 saturated heterocycles. The predicted octanol–water partition coefficient (Wildman–Crippen LogP) is 2.67. The lowest BCUT2D eigenvalue weighted by atomic mass is 10.1. The zero-order chi connectivity index (χ0) is 14.2. The molecular weight excluding hydrogens is 266 g/mol. The van der Waals surface area contributed by atoms with Crippen LogP contribution in [0.4, 0.5) is 16.3 Å². The van der Waals surface area contributed by atoms with Gasteiger partial charge in [0, 0.05) is 12.7 Å². The van der Waals surface area contributed by atoms with Crippen molar-refractivity contribution in [2.45, 2.75) is 31.6 Å². The van der Waals surface area contributed by atoms with Crippen LogP contribution in [0.25, 0.3) is 0 Å². The first-order valence-electron chi connectivity index (χ1n) is 7.38. The lowest BCUT2D eigenvalue weighted by molar-refractivity contribution is 0.256. The van der Waals surface area contributed by atoms with E-state index in [0.717, 1.165) is 24.2 Å². The molecule has 0 unspecified atom stereocenters. The Bertz CT molecular complexity index is 659. The van der Waals surface area contributed by atoms with Gasteiger partial charge in [0.05, 0.1) is 17.6 Å². The van der Waals surface area contributed by atoms with E-state index in [4.69, 9.17) is 0 Å². The van der Waals surface area contributed by atoms with Crippen molar-refractivity contribution in [3.8, 4) is 0 Å². The topological polar surface area (TPSA) is 73.9 Å². The highest BCUT2D eigenvalue weighted by molar-refractivity contribution is 6.01. The van der Waals surface area contributed by atoms with E-state index in [9.17, 15) is 4.79 Å². The highest BCUT2D eigenvalue weighted by atomic mass is 16.2. The van der Waals surface area contributed by atoms with E-state index in [1.54, 1.807) is 11.1 Å². The summed E-state index contributed by atoms with van der Waals surface area (Å²) in [6, 6.07) is 3.79. The molecule has 6 nitrogen and oxygen atoms in total. The summed E-state index contributed by atoms with van der Waals surface area (Å²) in [5.74, 6) is 1.28. The molecule has 0 bridgehead atoms. The molecule has 0 aromatic carbocycles. The van der Waals surface area contributed by atoms with Crippen molar-refractivity contribution in [1.29, 1.82) is 0 Å². The van der Waals surface area contributed by atoms with E-state index in [2.05, 4.69) is 26.6 Å². The minimum atomic E-state index is -0.149. The molecular formula is C15H17N5O. The van der Waals surface area contributed by atoms with Gasteiger partial charge in [-0.25, -0.2) is 9.78 Å². The van der Waals surface area contributed by atoms with Crippen LogP contribution in [0.15, 0.2) is 24.5 Å². The number of aryl methyl sites for hydroxylation is 1. The first kappa shape index (κ1) is 12.4. The predicted molar refractivity (Wildman–Crippen MR) is 79.5 cm³/mol. The second-order valence-corrected chi connectivity index (χ2v) is 5.67. The monoisotopic (exact) mass is 283 g/mol. The molecule has 1 aliphatic carbocycles. The number of rotatable bonds is 2. The maximum atomic E-state index is 12.4. The maximum Gasteiger partial charge on any atom is 0.327 e. The number of hydrogen-bond donors (Lipinski definition) is 2. The van der Waals surface area contributed by atoms with Crippen LogP contribution in [-0.2, 0) is 6.42 Å². The van der Waals surface area contributed by atoms with E-state index in [-0.39, 0.29) is 6.03 Å². The van der Waals surface area contributed by atoms with Crippen molar-refractivity contribution in [3.05, 3.63) is 35.8 Å². The van der Waals surface area contributed by atoms with E-state index in [1.165, 1.54) is 18.4 Å². The molecule has 1 saturated carbocycles. The third kappa shape index (κ3) is 2.37. The molecule has 0 spiro atoms. The number of hydrogen-bond acceptors (Lipinski definition) is 3. The van der Waals surface area contributed by atoms with Crippen LogP contribution in [-0.4, -0.2) is 27.8 Å². The number of urea groups is 1. The number of aromatic nitrogens is 3. The number of carbonyl (C=O) groups is 1. The summed E-state index contributed by atoms with van der Waals surface area (Å²) in [7, 11) is 0. The van der Waals surface area contributed by atoms with Crippen LogP contribution in [0.2, 0.25) is 0 Å². The van der Waals surface area contributed by atoms with Crippen LogP contribution in [0.1, 0.15) is 36.4 Å². The lowest BCUT2D eigenvalue weighted by Crippen LogP contribution is -2.38. The quantitative estimate of drug-likeness (QED) is 0.889. The van der Waals surface area contributed by atoms with Crippen LogP contribution in [0, 0.1) is 0 Å². The van der Waals surface area contributed by atoms with Crippen molar-refractivity contribution in [2.75, 3.05) is 16.8 Å². The Morgan fingerprint density at radius 3 is 3.00 bits per heavy atom. The molecule has 108 valence electrons. The minimum Gasteiger partial charge on any atom is -0.292 e. The average Bonchev–Trinajstić information content (AvgIpc) is 3.24. The zero-order valence-electron chi connectivity index (χ0n) is 11.7. The largest absolute Gasteiger partial charge is 0.327 e. The highest BCUT2D eigenvalue weighted by Gasteiger charge is 2.25. The van der Waals surface area contributed by atoms with Gasteiger partial charge in [-0.1, -0.05) is 6.07 Å². The summed E-state index contributed by atoms with van der Waals surface area (Å²) in [5.41, 5.74) is 3.16. The van der Waals surface area contributed by atoms with Gasteiger partial charge < -0.3 is 0 Å². The summed E-state index contributed by atoms with van der Waals surface area (Å²) < 4.78 is 0. The molecule has 1 fully saturated rings. The molecule has 0 radical (unpaired) electrons. The van der Waals surface area contributed by atoms with E-state index >= 15 is 0 Å². The van der Waals surface area contributed by atoms with Gasteiger partial charge in [0.1, 0.15) is 5.82 Å². The number of pyridine rings is 1. The Balaban J connectivity index is 1.48. The zero-order valence-corrected chi connectivity index (χ0v) is 11.7. The Labute approximate surface area is 122 Å². The van der Waals surface area contributed by atoms with Crippen molar-refractivity contribution < 1.29 is 4.79 Å². The van der Waals surface area contributed by atoms with Gasteiger partial charge >= 0.3 is 6.03 Å². The number of anilines is 2. The highest BCUT2D eigenvalue weighted by Crippen LogP contribution is 2.39. The normalized spacial score (nSPS) is 17.4. The Kier molecular flexibility index (Phi) is 2.87. The number of amides is 2. The van der Waals surface area contributed by atoms with Crippen molar-refractivity contribution >= 4 is 17.5 Å². The third-order valence-corrected chi connectivity index (χ3v) is 4.11. The van der Waals surface area contributed by atoms with Crippen LogP contribution >= 0.6 is 0 Å². The van der Waals surface area contributed by atoms with Gasteiger partial charge in [-0.2, -0.15) is 5.10 Å². The summed E-state index contributed by atoms with van der Waals surface area (Å²) in [4.78, 5) is 18.4. The maximum absolute atomic E-state index is 12.4. The van der Waals surface area contributed by atoms with Crippen molar-refractivity contribution in [3.63, 3.8) is 0 Å². The molecule has 4 rings (SSSR count). The fraction of sp³-hybridized carbons (Fsp3) is 0.400. The molecule has 2 aliphatic rings. The van der Waals surface area contributed by atoms with Gasteiger partial charge in [-0.05, 0) is 43.2 Å². The molecule has 1 aliphatic heterocycles. The molecule has 0 atom stereocenters. The summed E-state index contributed by atoms with van der Waals surface area (Å²) in [6.45, 7) is 0.707. The van der Waals surface area contributed by atoms with Crippen molar-refractivity contribution in [2.24, 2.45) is 0 Å². The van der Waals surface area contributed by atoms with Crippen LogP contribution in [0.3, 0.4) is 0 Å². The molecule has 2 aromatic rings. The van der Waals surface area contributed by atoms with E-state index in [0.29, 0.717) is 18.3 Å². The fourth-order valence-electron chi connectivity index (χ4n) is 2.78. The van der Waals surface area contributed by atoms with E-state index < -0.39 is 0 Å². The molecule has 3 heterocycles. The average molecular weight is 283 g/mol. The van der Waals surface area contributed by atoms with Crippen LogP contribution in [0.5, 0.6) is 0 Å². The number of fused-ring (bicyclic) bond motifs is 1. The molecule has 2 amide bonds. The molecule has 6 heteroatoms. The third-order valence-electron chi connectivity index (χ3n) is 4.11. The Hall–Kier alpha value is -2.37. The summed E-state index contributed by atoms with van der Waals surface area (Å²) >= 11 is 0. The Morgan fingerprint density at radius 2 is 2.24 bits per heavy atom. The first-order chi connectivity index (χ1) is 10.3. The van der Waals surface area contributed by atoms with Crippen molar-refractivity contribution in [1.82, 2.24) is 15.2 Å². The number of nitrogens with one attached hydrogen (secondary N) is 2. The fourth-order valence-corrected chi connectivity index (χ4v) is 2.78. The smallest absolute Gasteiger partial charge is 0.292 e.